The van der Waals surface area contributed by atoms with E-state index in [4.69, 9.17) is 4.99 Å². The summed E-state index contributed by atoms with van der Waals surface area (Å²) in [5.41, 5.74) is 8.39. The van der Waals surface area contributed by atoms with E-state index in [-0.39, 0.29) is 12.0 Å². The van der Waals surface area contributed by atoms with Crippen molar-refractivity contribution in [1.82, 2.24) is 14.9 Å². The van der Waals surface area contributed by atoms with Crippen LogP contribution in [0, 0.1) is 5.92 Å². The number of fused-ring (bicyclic) bond motifs is 2. The topological polar surface area (TPSA) is 93.6 Å². The molecule has 3 N–H and O–H groups in total. The van der Waals surface area contributed by atoms with Crippen molar-refractivity contribution < 1.29 is 9.90 Å². The van der Waals surface area contributed by atoms with Gasteiger partial charge in [-0.2, -0.15) is 0 Å². The highest BCUT2D eigenvalue weighted by atomic mass is 32.1. The SMILES string of the molecule is CC[C@@H](O)CCCC(=O)N1CC=C(c2cc3c([nH]2)NCC(C)C3=Nc2ccc3ncsc3c2)CC1. The molecule has 0 aliphatic carbocycles. The first-order valence-electron chi connectivity index (χ1n) is 12.6. The number of carbonyl (C=O) groups is 1. The molecule has 184 valence electrons. The van der Waals surface area contributed by atoms with Crippen molar-refractivity contribution >= 4 is 50.3 Å². The average Bonchev–Trinajstić information content (AvgIpc) is 3.52. The first-order chi connectivity index (χ1) is 17.0. The number of carbonyl (C=O) groups excluding carboxylic acids is 1. The molecule has 3 aromatic rings. The van der Waals surface area contributed by atoms with Crippen molar-refractivity contribution in [3.05, 3.63) is 47.1 Å². The van der Waals surface area contributed by atoms with Gasteiger partial charge in [-0.05, 0) is 55.5 Å². The lowest BCUT2D eigenvalue weighted by molar-refractivity contribution is -0.130. The lowest BCUT2D eigenvalue weighted by Gasteiger charge is -2.26. The second-order valence-corrected chi connectivity index (χ2v) is 10.4. The van der Waals surface area contributed by atoms with Crippen LogP contribution in [0.25, 0.3) is 15.8 Å². The standard InChI is InChI=1S/C27H33N5O2S/c1-3-20(33)5-4-6-25(34)32-11-9-18(10-12-32)23-14-21-26(17(2)15-28-27(21)31-23)30-19-7-8-22-24(13-19)35-16-29-22/h7-9,13-14,16-17,20,28,31,33H,3-6,10-12,15H2,1-2H3/t17?,20-/m1/s1. The lowest BCUT2D eigenvalue weighted by atomic mass is 9.95. The molecule has 2 aromatic heterocycles. The number of hydrogen-bond donors (Lipinski definition) is 3. The normalized spacial score (nSPS) is 20.0. The van der Waals surface area contributed by atoms with E-state index in [1.54, 1.807) is 11.3 Å². The fourth-order valence-corrected chi connectivity index (χ4v) is 5.51. The summed E-state index contributed by atoms with van der Waals surface area (Å²) in [7, 11) is 0. The molecule has 1 amide bonds. The number of H-pyrrole nitrogens is 1. The zero-order valence-corrected chi connectivity index (χ0v) is 21.2. The molecule has 0 spiro atoms. The molecule has 0 fully saturated rings. The van der Waals surface area contributed by atoms with Gasteiger partial charge in [0, 0.05) is 43.2 Å². The Morgan fingerprint density at radius 1 is 1.37 bits per heavy atom. The van der Waals surface area contributed by atoms with Crippen molar-refractivity contribution in [1.29, 1.82) is 0 Å². The molecule has 5 rings (SSSR count). The molecule has 0 radical (unpaired) electrons. The van der Waals surface area contributed by atoms with Crippen LogP contribution in [0.1, 0.15) is 57.2 Å². The summed E-state index contributed by atoms with van der Waals surface area (Å²) in [6, 6.07) is 8.39. The van der Waals surface area contributed by atoms with Crippen molar-refractivity contribution in [3.8, 4) is 0 Å². The number of aliphatic imine (C=N–C) groups is 1. The summed E-state index contributed by atoms with van der Waals surface area (Å²) in [5.74, 6) is 1.49. The van der Waals surface area contributed by atoms with E-state index in [0.717, 1.165) is 71.0 Å². The zero-order chi connectivity index (χ0) is 24.4. The van der Waals surface area contributed by atoms with Crippen molar-refractivity contribution in [2.24, 2.45) is 10.9 Å². The first-order valence-corrected chi connectivity index (χ1v) is 13.4. The van der Waals surface area contributed by atoms with E-state index >= 15 is 0 Å². The number of benzene rings is 1. The van der Waals surface area contributed by atoms with Gasteiger partial charge in [0.1, 0.15) is 5.82 Å². The Labute approximate surface area is 210 Å². The number of aliphatic hydroxyl groups is 1. The molecule has 0 saturated carbocycles. The Kier molecular flexibility index (Phi) is 7.02. The number of aromatic amines is 1. The predicted octanol–water partition coefficient (Wildman–Crippen LogP) is 5.36. The Morgan fingerprint density at radius 3 is 3.06 bits per heavy atom. The Morgan fingerprint density at radius 2 is 2.26 bits per heavy atom. The fraction of sp³-hybridized carbons (Fsp3) is 0.444. The number of aromatic nitrogens is 2. The highest BCUT2D eigenvalue weighted by Crippen LogP contribution is 2.33. The molecule has 0 bridgehead atoms. The van der Waals surface area contributed by atoms with Crippen molar-refractivity contribution in [2.45, 2.75) is 52.1 Å². The Bertz CT molecular complexity index is 1270. The van der Waals surface area contributed by atoms with Crippen LogP contribution < -0.4 is 5.32 Å². The van der Waals surface area contributed by atoms with Crippen LogP contribution in [0.3, 0.4) is 0 Å². The molecule has 2 aliphatic rings. The Balaban J connectivity index is 1.30. The molecular formula is C27H33N5O2S. The minimum absolute atomic E-state index is 0.178. The summed E-state index contributed by atoms with van der Waals surface area (Å²) < 4.78 is 1.15. The Hall–Kier alpha value is -2.97. The lowest BCUT2D eigenvalue weighted by Crippen LogP contribution is -2.34. The maximum atomic E-state index is 12.6. The maximum Gasteiger partial charge on any atom is 0.222 e. The number of nitrogens with zero attached hydrogens (tertiary/aromatic N) is 3. The van der Waals surface area contributed by atoms with E-state index < -0.39 is 0 Å². The van der Waals surface area contributed by atoms with E-state index in [1.165, 1.54) is 5.57 Å². The summed E-state index contributed by atoms with van der Waals surface area (Å²) in [6.07, 6.45) is 5.38. The predicted molar refractivity (Wildman–Crippen MR) is 144 cm³/mol. The van der Waals surface area contributed by atoms with Gasteiger partial charge in [0.2, 0.25) is 5.91 Å². The molecule has 7 nitrogen and oxygen atoms in total. The van der Waals surface area contributed by atoms with Gasteiger partial charge >= 0.3 is 0 Å². The van der Waals surface area contributed by atoms with Gasteiger partial charge in [-0.15, -0.1) is 11.3 Å². The molecule has 0 saturated heterocycles. The number of rotatable bonds is 7. The average molecular weight is 492 g/mol. The fourth-order valence-electron chi connectivity index (χ4n) is 4.80. The third-order valence-corrected chi connectivity index (χ3v) is 7.81. The second-order valence-electron chi connectivity index (χ2n) is 9.53. The summed E-state index contributed by atoms with van der Waals surface area (Å²) >= 11 is 1.64. The molecule has 4 heterocycles. The molecule has 8 heteroatoms. The van der Waals surface area contributed by atoms with Gasteiger partial charge in [0.15, 0.2) is 0 Å². The van der Waals surface area contributed by atoms with Gasteiger partial charge in [-0.1, -0.05) is 19.9 Å². The summed E-state index contributed by atoms with van der Waals surface area (Å²) in [5, 5.41) is 13.2. The van der Waals surface area contributed by atoms with Crippen LogP contribution in [0.15, 0.2) is 40.8 Å². The van der Waals surface area contributed by atoms with Crippen LogP contribution in [0.4, 0.5) is 11.5 Å². The van der Waals surface area contributed by atoms with E-state index in [9.17, 15) is 9.90 Å². The molecule has 2 aliphatic heterocycles. The smallest absolute Gasteiger partial charge is 0.222 e. The van der Waals surface area contributed by atoms with Gasteiger partial charge in [0.05, 0.1) is 33.2 Å². The molecule has 35 heavy (non-hydrogen) atoms. The number of anilines is 1. The van der Waals surface area contributed by atoms with Gasteiger partial charge in [0.25, 0.3) is 0 Å². The van der Waals surface area contributed by atoms with Gasteiger partial charge in [-0.25, -0.2) is 4.98 Å². The minimum Gasteiger partial charge on any atom is -0.393 e. The number of nitrogens with one attached hydrogen (secondary N) is 2. The highest BCUT2D eigenvalue weighted by molar-refractivity contribution is 7.16. The summed E-state index contributed by atoms with van der Waals surface area (Å²) in [6.45, 7) is 6.37. The third kappa shape index (κ3) is 5.18. The largest absolute Gasteiger partial charge is 0.393 e. The monoisotopic (exact) mass is 491 g/mol. The van der Waals surface area contributed by atoms with Crippen LogP contribution in [0.2, 0.25) is 0 Å². The molecule has 1 aromatic carbocycles. The highest BCUT2D eigenvalue weighted by Gasteiger charge is 2.26. The number of thiazole rings is 1. The van der Waals surface area contributed by atoms with E-state index in [1.807, 2.05) is 29.5 Å². The van der Waals surface area contributed by atoms with Crippen LogP contribution in [-0.4, -0.2) is 57.3 Å². The van der Waals surface area contributed by atoms with Crippen molar-refractivity contribution in [2.75, 3.05) is 25.0 Å². The van der Waals surface area contributed by atoms with Gasteiger partial charge in [-0.3, -0.25) is 9.79 Å². The van der Waals surface area contributed by atoms with Crippen LogP contribution in [-0.2, 0) is 4.79 Å². The number of aliphatic hydroxyl groups excluding tert-OH is 1. The molecule has 1 unspecified atom stereocenters. The van der Waals surface area contributed by atoms with E-state index in [0.29, 0.717) is 25.3 Å². The maximum absolute atomic E-state index is 12.6. The zero-order valence-electron chi connectivity index (χ0n) is 20.4. The van der Waals surface area contributed by atoms with Gasteiger partial charge < -0.3 is 20.3 Å². The quantitative estimate of drug-likeness (QED) is 0.415. The number of amides is 1. The summed E-state index contributed by atoms with van der Waals surface area (Å²) in [4.78, 5) is 27.5. The van der Waals surface area contributed by atoms with Crippen LogP contribution in [0.5, 0.6) is 0 Å². The molecule has 2 atom stereocenters. The van der Waals surface area contributed by atoms with Crippen molar-refractivity contribution in [3.63, 3.8) is 0 Å². The number of hydrogen-bond acceptors (Lipinski definition) is 6. The molecular weight excluding hydrogens is 458 g/mol. The minimum atomic E-state index is -0.296. The second kappa shape index (κ2) is 10.3. The van der Waals surface area contributed by atoms with E-state index in [2.05, 4.69) is 40.4 Å². The van der Waals surface area contributed by atoms with Crippen LogP contribution >= 0.6 is 11.3 Å². The third-order valence-electron chi connectivity index (χ3n) is 7.02. The first kappa shape index (κ1) is 23.8.